The highest BCUT2D eigenvalue weighted by atomic mass is 15.0. The van der Waals surface area contributed by atoms with Crippen LogP contribution in [0.4, 0.5) is 0 Å². The minimum Gasteiger partial charge on any atom is -0.309 e. The van der Waals surface area contributed by atoms with Crippen LogP contribution in [-0.4, -0.2) is 13.7 Å². The third-order valence-electron chi connectivity index (χ3n) is 13.0. The molecule has 0 spiro atoms. The van der Waals surface area contributed by atoms with Gasteiger partial charge in [-0.05, 0) is 124 Å². The first-order valence-electron chi connectivity index (χ1n) is 23.7. The van der Waals surface area contributed by atoms with Gasteiger partial charge in [-0.2, -0.15) is 0 Å². The van der Waals surface area contributed by atoms with Crippen LogP contribution >= 0.6 is 0 Å². The summed E-state index contributed by atoms with van der Waals surface area (Å²) in [4.78, 5) is 0. The first kappa shape index (κ1) is 41.3. The quantitative estimate of drug-likeness (QED) is 0.158. The Morgan fingerprint density at radius 2 is 0.373 bits per heavy atom. The Morgan fingerprint density at radius 1 is 0.194 bits per heavy atom. The molecule has 3 aromatic heterocycles. The van der Waals surface area contributed by atoms with Crippen LogP contribution in [-0.2, 0) is 0 Å². The zero-order chi connectivity index (χ0) is 45.4. The molecule has 0 saturated heterocycles. The predicted octanol–water partition coefficient (Wildman–Crippen LogP) is 18.0. The minimum absolute atomic E-state index is 1.15. The van der Waals surface area contributed by atoms with Crippen molar-refractivity contribution in [3.05, 3.63) is 237 Å². The van der Waals surface area contributed by atoms with Crippen molar-refractivity contribution in [3.8, 4) is 50.4 Å². The fraction of sp³-hybridized carbons (Fsp3) is 0.0625. The Kier molecular flexibility index (Phi) is 10.8. The Balaban J connectivity index is 0.00000121. The Morgan fingerprint density at radius 3 is 0.567 bits per heavy atom. The van der Waals surface area contributed by atoms with E-state index in [1.807, 2.05) is 27.7 Å². The topological polar surface area (TPSA) is 14.8 Å². The van der Waals surface area contributed by atoms with Gasteiger partial charge in [0.15, 0.2) is 0 Å². The molecule has 0 amide bonds. The number of aromatic nitrogens is 3. The molecular weight excluding hydrogens is 811 g/mol. The van der Waals surface area contributed by atoms with Crippen LogP contribution in [0.25, 0.3) is 116 Å². The summed E-state index contributed by atoms with van der Waals surface area (Å²) in [5, 5.41) is 7.60. The molecule has 13 aromatic rings. The van der Waals surface area contributed by atoms with Crippen LogP contribution < -0.4 is 0 Å². The fourth-order valence-corrected chi connectivity index (χ4v) is 10.1. The number of hydrogen-bond acceptors (Lipinski definition) is 0. The summed E-state index contributed by atoms with van der Waals surface area (Å²) >= 11 is 0. The molecule has 67 heavy (non-hydrogen) atoms. The lowest BCUT2D eigenvalue weighted by Gasteiger charge is -2.14. The summed E-state index contributed by atoms with van der Waals surface area (Å²) in [6.45, 7) is 8.00. The summed E-state index contributed by atoms with van der Waals surface area (Å²) in [6, 6.07) is 86.5. The van der Waals surface area contributed by atoms with Crippen molar-refractivity contribution >= 4 is 65.4 Å². The van der Waals surface area contributed by atoms with Gasteiger partial charge in [0, 0.05) is 49.4 Å². The van der Waals surface area contributed by atoms with Gasteiger partial charge < -0.3 is 13.7 Å². The normalized spacial score (nSPS) is 11.3. The van der Waals surface area contributed by atoms with Gasteiger partial charge in [0.1, 0.15) is 0 Å². The van der Waals surface area contributed by atoms with Crippen LogP contribution in [0.15, 0.2) is 237 Å². The summed E-state index contributed by atoms with van der Waals surface area (Å²) < 4.78 is 7.15. The number of fused-ring (bicyclic) bond motifs is 9. The summed E-state index contributed by atoms with van der Waals surface area (Å²) in [6.07, 6.45) is 0. The molecule has 0 fully saturated rings. The van der Waals surface area contributed by atoms with Gasteiger partial charge in [0.05, 0.1) is 33.1 Å². The maximum atomic E-state index is 2.38. The highest BCUT2D eigenvalue weighted by molar-refractivity contribution is 6.11. The van der Waals surface area contributed by atoms with E-state index in [1.165, 1.54) is 98.8 Å². The molecule has 0 radical (unpaired) electrons. The maximum absolute atomic E-state index is 2.38. The van der Waals surface area contributed by atoms with Gasteiger partial charge in [0.25, 0.3) is 0 Å². The molecule has 0 N–H and O–H groups in total. The first-order valence-corrected chi connectivity index (χ1v) is 23.7. The lowest BCUT2D eigenvalue weighted by atomic mass is 9.93. The lowest BCUT2D eigenvalue weighted by Crippen LogP contribution is -1.95. The van der Waals surface area contributed by atoms with E-state index in [0.29, 0.717) is 0 Å². The van der Waals surface area contributed by atoms with Crippen LogP contribution in [0, 0.1) is 0 Å². The molecule has 322 valence electrons. The van der Waals surface area contributed by atoms with Gasteiger partial charge in [-0.25, -0.2) is 0 Å². The Bertz CT molecular complexity index is 3300. The average molecular weight is 862 g/mol. The highest BCUT2D eigenvalue weighted by Gasteiger charge is 2.16. The largest absolute Gasteiger partial charge is 0.309 e. The van der Waals surface area contributed by atoms with Crippen molar-refractivity contribution in [2.75, 3.05) is 0 Å². The van der Waals surface area contributed by atoms with E-state index in [4.69, 9.17) is 0 Å². The standard InChI is InChI=1S/C60H39N3.2C2H6/c1-7-19-55-49(13-1)50-14-2-8-20-56(50)61(55)46-31-25-40(26-32-46)43-37-44(41-27-33-47(34-28-41)62-57-21-9-3-15-51(57)52-16-4-10-22-58(52)62)39-45(38-43)42-29-35-48(36-30-42)63-59-23-11-5-17-53(59)54-18-6-12-24-60(54)63;2*1-2/h1-39H;2*1-2H3. The van der Waals surface area contributed by atoms with Gasteiger partial charge in [0.2, 0.25) is 0 Å². The van der Waals surface area contributed by atoms with E-state index >= 15 is 0 Å². The van der Waals surface area contributed by atoms with E-state index in [9.17, 15) is 0 Å². The summed E-state index contributed by atoms with van der Waals surface area (Å²) in [7, 11) is 0. The van der Waals surface area contributed by atoms with Crippen LogP contribution in [0.3, 0.4) is 0 Å². The third kappa shape index (κ3) is 6.99. The molecular formula is C64H51N3. The molecule has 10 aromatic carbocycles. The van der Waals surface area contributed by atoms with E-state index < -0.39 is 0 Å². The second kappa shape index (κ2) is 17.5. The fourth-order valence-electron chi connectivity index (χ4n) is 10.1. The second-order valence-corrected chi connectivity index (χ2v) is 16.5. The van der Waals surface area contributed by atoms with Crippen molar-refractivity contribution in [1.82, 2.24) is 13.7 Å². The molecule has 13 rings (SSSR count). The maximum Gasteiger partial charge on any atom is 0.0541 e. The van der Waals surface area contributed by atoms with E-state index in [1.54, 1.807) is 0 Å². The monoisotopic (exact) mass is 861 g/mol. The van der Waals surface area contributed by atoms with Crippen LogP contribution in [0.1, 0.15) is 27.7 Å². The molecule has 0 aliphatic carbocycles. The predicted molar refractivity (Wildman–Crippen MR) is 288 cm³/mol. The molecule has 0 aliphatic rings. The van der Waals surface area contributed by atoms with Crippen molar-refractivity contribution in [1.29, 1.82) is 0 Å². The van der Waals surface area contributed by atoms with Gasteiger partial charge in [-0.15, -0.1) is 0 Å². The number of hydrogen-bond donors (Lipinski definition) is 0. The molecule has 0 atom stereocenters. The summed E-state index contributed by atoms with van der Waals surface area (Å²) in [5.41, 5.74) is 17.8. The van der Waals surface area contributed by atoms with Crippen molar-refractivity contribution in [2.45, 2.75) is 27.7 Å². The van der Waals surface area contributed by atoms with Crippen LogP contribution in [0.5, 0.6) is 0 Å². The third-order valence-corrected chi connectivity index (χ3v) is 13.0. The van der Waals surface area contributed by atoms with Crippen molar-refractivity contribution in [3.63, 3.8) is 0 Å². The SMILES string of the molecule is CC.CC.c1ccc2c(c1)c1ccccc1n2-c1ccc(-c2cc(-c3ccc(-n4c5ccccc5c5ccccc54)cc3)cc(-c3ccc(-n4c5ccccc5c5ccccc54)cc3)c2)cc1. The van der Waals surface area contributed by atoms with Crippen molar-refractivity contribution in [2.24, 2.45) is 0 Å². The summed E-state index contributed by atoms with van der Waals surface area (Å²) in [5.74, 6) is 0. The van der Waals surface area contributed by atoms with E-state index in [2.05, 4.69) is 250 Å². The average Bonchev–Trinajstić information content (AvgIpc) is 4.06. The lowest BCUT2D eigenvalue weighted by molar-refractivity contribution is 1.18. The van der Waals surface area contributed by atoms with Gasteiger partial charge >= 0.3 is 0 Å². The van der Waals surface area contributed by atoms with E-state index in [0.717, 1.165) is 17.1 Å². The zero-order valence-electron chi connectivity index (χ0n) is 38.4. The number of rotatable bonds is 6. The first-order chi connectivity index (χ1) is 33.2. The zero-order valence-corrected chi connectivity index (χ0v) is 38.4. The molecule has 0 aliphatic heterocycles. The molecule has 3 heteroatoms. The molecule has 0 saturated carbocycles. The van der Waals surface area contributed by atoms with Crippen molar-refractivity contribution < 1.29 is 0 Å². The van der Waals surface area contributed by atoms with Gasteiger partial charge in [-0.1, -0.05) is 173 Å². The Hall–Kier alpha value is -8.40. The van der Waals surface area contributed by atoms with E-state index in [-0.39, 0.29) is 0 Å². The number of nitrogens with zero attached hydrogens (tertiary/aromatic N) is 3. The second-order valence-electron chi connectivity index (χ2n) is 16.5. The highest BCUT2D eigenvalue weighted by Crippen LogP contribution is 2.38. The Labute approximate surface area is 392 Å². The smallest absolute Gasteiger partial charge is 0.0541 e. The van der Waals surface area contributed by atoms with Gasteiger partial charge in [-0.3, -0.25) is 0 Å². The molecule has 0 bridgehead atoms. The number of para-hydroxylation sites is 6. The number of benzene rings is 10. The molecule has 3 nitrogen and oxygen atoms in total. The molecule has 3 heterocycles. The van der Waals surface area contributed by atoms with Crippen LogP contribution in [0.2, 0.25) is 0 Å². The minimum atomic E-state index is 1.15. The molecule has 0 unspecified atom stereocenters.